The summed E-state index contributed by atoms with van der Waals surface area (Å²) in [5.41, 5.74) is 0.593. The predicted molar refractivity (Wildman–Crippen MR) is 92.1 cm³/mol. The van der Waals surface area contributed by atoms with Crippen molar-refractivity contribution < 1.29 is 23.8 Å². The number of rotatable bonds is 4. The van der Waals surface area contributed by atoms with Crippen molar-refractivity contribution in [2.45, 2.75) is 25.4 Å². The molecule has 0 bridgehead atoms. The van der Waals surface area contributed by atoms with Crippen LogP contribution in [0.25, 0.3) is 0 Å². The number of carboxylic acids is 1. The maximum Gasteiger partial charge on any atom is 0.308 e. The molecule has 0 spiro atoms. The summed E-state index contributed by atoms with van der Waals surface area (Å²) in [6, 6.07) is 4.46. The number of carboxylic acid groups (broad SMARTS) is 1. The van der Waals surface area contributed by atoms with Crippen molar-refractivity contribution in [3.05, 3.63) is 34.6 Å². The fourth-order valence-corrected chi connectivity index (χ4v) is 4.48. The molecular formula is C19H21ClFNO4. The lowest BCUT2D eigenvalue weighted by Gasteiger charge is -2.24. The third kappa shape index (κ3) is 3.21. The quantitative estimate of drug-likeness (QED) is 0.870. The molecule has 1 amide bonds. The third-order valence-corrected chi connectivity index (χ3v) is 6.21. The van der Waals surface area contributed by atoms with Gasteiger partial charge in [0.05, 0.1) is 23.0 Å². The summed E-state index contributed by atoms with van der Waals surface area (Å²) in [6.45, 7) is 1.18. The molecule has 3 fully saturated rings. The van der Waals surface area contributed by atoms with Gasteiger partial charge in [-0.25, -0.2) is 4.39 Å². The average molecular weight is 382 g/mol. The van der Waals surface area contributed by atoms with Gasteiger partial charge in [0.15, 0.2) is 0 Å². The van der Waals surface area contributed by atoms with Gasteiger partial charge in [0.1, 0.15) is 5.82 Å². The highest BCUT2D eigenvalue weighted by Gasteiger charge is 2.49. The molecule has 0 radical (unpaired) electrons. The maximum absolute atomic E-state index is 13.8. The number of nitrogens with zero attached hydrogens (tertiary/aromatic N) is 1. The molecule has 2 heterocycles. The first-order chi connectivity index (χ1) is 12.5. The average Bonchev–Trinajstić information content (AvgIpc) is 3.17. The second-order valence-corrected chi connectivity index (χ2v) is 7.96. The van der Waals surface area contributed by atoms with Crippen molar-refractivity contribution in [2.24, 2.45) is 23.7 Å². The summed E-state index contributed by atoms with van der Waals surface area (Å²) in [5, 5.41) is 9.53. The van der Waals surface area contributed by atoms with E-state index in [1.54, 1.807) is 11.0 Å². The van der Waals surface area contributed by atoms with E-state index in [4.69, 9.17) is 16.3 Å². The Bertz CT molecular complexity index is 738. The van der Waals surface area contributed by atoms with E-state index in [0.717, 1.165) is 12.8 Å². The minimum absolute atomic E-state index is 0.0331. The molecule has 2 aliphatic heterocycles. The first-order valence-corrected chi connectivity index (χ1v) is 9.41. The van der Waals surface area contributed by atoms with Crippen molar-refractivity contribution in [3.8, 4) is 0 Å². The number of amides is 1. The fraction of sp³-hybridized carbons (Fsp3) is 0.579. The summed E-state index contributed by atoms with van der Waals surface area (Å²) in [4.78, 5) is 26.3. The Labute approximate surface area is 156 Å². The third-order valence-electron chi connectivity index (χ3n) is 5.90. The largest absolute Gasteiger partial charge is 0.481 e. The Balaban J connectivity index is 1.51. The molecule has 140 valence electrons. The molecule has 3 aliphatic rings. The van der Waals surface area contributed by atoms with E-state index in [-0.39, 0.29) is 23.4 Å². The second-order valence-electron chi connectivity index (χ2n) is 7.55. The maximum atomic E-state index is 13.8. The number of aliphatic carboxylic acids is 1. The summed E-state index contributed by atoms with van der Waals surface area (Å²) in [5.74, 6) is -1.87. The highest BCUT2D eigenvalue weighted by atomic mass is 35.5. The minimum Gasteiger partial charge on any atom is -0.481 e. The van der Waals surface area contributed by atoms with Gasteiger partial charge in [0.25, 0.3) is 0 Å². The number of carbonyl (C=O) groups excluding carboxylic acids is 1. The van der Waals surface area contributed by atoms with Crippen molar-refractivity contribution in [2.75, 3.05) is 19.7 Å². The zero-order valence-electron chi connectivity index (χ0n) is 14.2. The van der Waals surface area contributed by atoms with Crippen LogP contribution in [0.15, 0.2) is 18.2 Å². The van der Waals surface area contributed by atoms with Crippen LogP contribution in [0, 0.1) is 29.5 Å². The zero-order chi connectivity index (χ0) is 18.4. The van der Waals surface area contributed by atoms with E-state index in [0.29, 0.717) is 31.1 Å². The molecule has 0 unspecified atom stereocenters. The summed E-state index contributed by atoms with van der Waals surface area (Å²) in [7, 11) is 0. The van der Waals surface area contributed by atoms with Gasteiger partial charge < -0.3 is 14.7 Å². The lowest BCUT2D eigenvalue weighted by atomic mass is 9.92. The molecule has 1 aromatic carbocycles. The van der Waals surface area contributed by atoms with Crippen LogP contribution in [0.3, 0.4) is 0 Å². The van der Waals surface area contributed by atoms with Crippen LogP contribution >= 0.6 is 11.6 Å². The number of likely N-dealkylation sites (tertiary alicyclic amines) is 1. The van der Waals surface area contributed by atoms with E-state index in [1.807, 2.05) is 0 Å². The van der Waals surface area contributed by atoms with Gasteiger partial charge >= 0.3 is 5.97 Å². The molecule has 1 aliphatic carbocycles. The van der Waals surface area contributed by atoms with Crippen molar-refractivity contribution in [1.82, 2.24) is 4.90 Å². The van der Waals surface area contributed by atoms with Crippen LogP contribution in [-0.4, -0.2) is 41.6 Å². The van der Waals surface area contributed by atoms with E-state index < -0.39 is 29.7 Å². The Morgan fingerprint density at radius 1 is 1.19 bits per heavy atom. The van der Waals surface area contributed by atoms with Crippen LogP contribution in [0.1, 0.15) is 30.9 Å². The van der Waals surface area contributed by atoms with Crippen molar-refractivity contribution in [3.63, 3.8) is 0 Å². The molecule has 1 saturated carbocycles. The molecule has 5 nitrogen and oxygen atoms in total. The van der Waals surface area contributed by atoms with Gasteiger partial charge in [-0.05, 0) is 48.8 Å². The molecule has 2 saturated heterocycles. The molecule has 4 rings (SSSR count). The monoisotopic (exact) mass is 381 g/mol. The summed E-state index contributed by atoms with van der Waals surface area (Å²) < 4.78 is 19.5. The van der Waals surface area contributed by atoms with E-state index in [2.05, 4.69) is 0 Å². The number of halogens is 2. The van der Waals surface area contributed by atoms with Gasteiger partial charge in [-0.3, -0.25) is 9.59 Å². The van der Waals surface area contributed by atoms with Gasteiger partial charge in [0.2, 0.25) is 5.91 Å². The SMILES string of the molecule is O=C(O)[C@H]1CN(C(=O)[C@@H]2CCO[C@H]2c2ccc(Cl)c(F)c2)C[C@@H]1C1CC1. The van der Waals surface area contributed by atoms with Gasteiger partial charge in [0, 0.05) is 19.7 Å². The Kier molecular flexibility index (Phi) is 4.65. The van der Waals surface area contributed by atoms with Crippen LogP contribution in [0.2, 0.25) is 5.02 Å². The van der Waals surface area contributed by atoms with Crippen molar-refractivity contribution in [1.29, 1.82) is 0 Å². The highest BCUT2D eigenvalue weighted by molar-refractivity contribution is 6.30. The molecular weight excluding hydrogens is 361 g/mol. The molecule has 4 atom stereocenters. The summed E-state index contributed by atoms with van der Waals surface area (Å²) >= 11 is 5.74. The van der Waals surface area contributed by atoms with Gasteiger partial charge in [-0.15, -0.1) is 0 Å². The number of hydrogen-bond donors (Lipinski definition) is 1. The first-order valence-electron chi connectivity index (χ1n) is 9.04. The topological polar surface area (TPSA) is 66.8 Å². The van der Waals surface area contributed by atoms with Crippen LogP contribution in [0.4, 0.5) is 4.39 Å². The molecule has 0 aromatic heterocycles. The zero-order valence-corrected chi connectivity index (χ0v) is 15.0. The van der Waals surface area contributed by atoms with E-state index in [9.17, 15) is 19.1 Å². The highest BCUT2D eigenvalue weighted by Crippen LogP contribution is 2.45. The standard InChI is InChI=1S/C19H21ClFNO4/c20-15-4-3-11(7-16(15)21)17-12(5-6-26-17)18(23)22-8-13(10-1-2-10)14(9-22)19(24)25/h3-4,7,10,12-14,17H,1-2,5-6,8-9H2,(H,24,25)/t12-,13-,14+,17+/m1/s1. The predicted octanol–water partition coefficient (Wildman–Crippen LogP) is 3.13. The van der Waals surface area contributed by atoms with Crippen LogP contribution in [-0.2, 0) is 14.3 Å². The van der Waals surface area contributed by atoms with Gasteiger partial charge in [-0.2, -0.15) is 0 Å². The smallest absolute Gasteiger partial charge is 0.308 e. The fourth-order valence-electron chi connectivity index (χ4n) is 4.37. The lowest BCUT2D eigenvalue weighted by Crippen LogP contribution is -2.36. The molecule has 1 N–H and O–H groups in total. The van der Waals surface area contributed by atoms with Crippen LogP contribution < -0.4 is 0 Å². The van der Waals surface area contributed by atoms with E-state index >= 15 is 0 Å². The Hall–Kier alpha value is -1.66. The normalized spacial score (nSPS) is 31.4. The summed E-state index contributed by atoms with van der Waals surface area (Å²) in [6.07, 6.45) is 2.14. The first kappa shape index (κ1) is 17.7. The van der Waals surface area contributed by atoms with Gasteiger partial charge in [-0.1, -0.05) is 17.7 Å². The lowest BCUT2D eigenvalue weighted by molar-refractivity contribution is -0.143. The molecule has 1 aromatic rings. The molecule has 7 heteroatoms. The van der Waals surface area contributed by atoms with Crippen LogP contribution in [0.5, 0.6) is 0 Å². The number of carbonyl (C=O) groups is 2. The number of ether oxygens (including phenoxy) is 1. The van der Waals surface area contributed by atoms with Crippen molar-refractivity contribution >= 4 is 23.5 Å². The Morgan fingerprint density at radius 3 is 2.62 bits per heavy atom. The second kappa shape index (κ2) is 6.82. The minimum atomic E-state index is -0.823. The van der Waals surface area contributed by atoms with E-state index in [1.165, 1.54) is 12.1 Å². The Morgan fingerprint density at radius 2 is 1.96 bits per heavy atom. The number of benzene rings is 1. The molecule has 26 heavy (non-hydrogen) atoms. The number of hydrogen-bond acceptors (Lipinski definition) is 3.